The smallest absolute Gasteiger partial charge is 0.421 e. The first kappa shape index (κ1) is 10.8. The van der Waals surface area contributed by atoms with Crippen LogP contribution in [0, 0.1) is 0 Å². The fraction of sp³-hybridized carbons (Fsp3) is 0. The standard InChI is InChI=1S/C10H5NO6/c12-7-4-2-1-3-5(9(14)15)6(4)8(13)11(7)10(16)17/h1-3H,(H,14,15)(H,16,17). The highest BCUT2D eigenvalue weighted by Gasteiger charge is 2.42. The molecule has 0 spiro atoms. The van der Waals surface area contributed by atoms with Crippen molar-refractivity contribution in [2.24, 2.45) is 0 Å². The van der Waals surface area contributed by atoms with Crippen molar-refractivity contribution < 1.29 is 29.4 Å². The molecule has 0 fully saturated rings. The van der Waals surface area contributed by atoms with Crippen molar-refractivity contribution in [2.75, 3.05) is 0 Å². The minimum Gasteiger partial charge on any atom is -0.478 e. The number of carbonyl (C=O) groups excluding carboxylic acids is 2. The van der Waals surface area contributed by atoms with Crippen LogP contribution in [0.4, 0.5) is 4.79 Å². The zero-order valence-corrected chi connectivity index (χ0v) is 8.21. The van der Waals surface area contributed by atoms with Crippen LogP contribution in [0.15, 0.2) is 18.2 Å². The Bertz CT molecular complexity index is 576. The van der Waals surface area contributed by atoms with Crippen LogP contribution < -0.4 is 0 Å². The molecule has 0 aromatic heterocycles. The van der Waals surface area contributed by atoms with Crippen molar-refractivity contribution in [1.82, 2.24) is 4.90 Å². The molecule has 0 saturated heterocycles. The summed E-state index contributed by atoms with van der Waals surface area (Å²) in [6, 6.07) is 3.63. The summed E-state index contributed by atoms with van der Waals surface area (Å²) in [4.78, 5) is 44.8. The molecular formula is C10H5NO6. The van der Waals surface area contributed by atoms with Crippen molar-refractivity contribution >= 4 is 23.9 Å². The van der Waals surface area contributed by atoms with Crippen molar-refractivity contribution in [3.8, 4) is 0 Å². The Morgan fingerprint density at radius 3 is 2.24 bits per heavy atom. The van der Waals surface area contributed by atoms with Crippen molar-refractivity contribution in [2.45, 2.75) is 0 Å². The molecule has 7 heteroatoms. The maximum atomic E-state index is 11.6. The van der Waals surface area contributed by atoms with E-state index in [9.17, 15) is 19.2 Å². The van der Waals surface area contributed by atoms with E-state index in [4.69, 9.17) is 10.2 Å². The molecule has 1 aromatic rings. The lowest BCUT2D eigenvalue weighted by atomic mass is 10.0. The number of amides is 3. The Balaban J connectivity index is 2.70. The van der Waals surface area contributed by atoms with Gasteiger partial charge in [0.2, 0.25) is 0 Å². The summed E-state index contributed by atoms with van der Waals surface area (Å²) >= 11 is 0. The Kier molecular flexibility index (Phi) is 2.17. The topological polar surface area (TPSA) is 112 Å². The van der Waals surface area contributed by atoms with Gasteiger partial charge < -0.3 is 10.2 Å². The number of imide groups is 3. The first-order chi connectivity index (χ1) is 7.95. The van der Waals surface area contributed by atoms with E-state index in [0.717, 1.165) is 6.07 Å². The summed E-state index contributed by atoms with van der Waals surface area (Å²) in [6.45, 7) is 0. The Morgan fingerprint density at radius 2 is 1.71 bits per heavy atom. The molecule has 1 aromatic carbocycles. The number of hydrogen-bond donors (Lipinski definition) is 2. The molecule has 1 heterocycles. The molecule has 0 bridgehead atoms. The molecule has 0 radical (unpaired) electrons. The molecule has 17 heavy (non-hydrogen) atoms. The van der Waals surface area contributed by atoms with Gasteiger partial charge in [-0.3, -0.25) is 9.59 Å². The number of carboxylic acid groups (broad SMARTS) is 2. The maximum Gasteiger partial charge on any atom is 0.421 e. The number of benzene rings is 1. The highest BCUT2D eigenvalue weighted by molar-refractivity contribution is 6.29. The fourth-order valence-corrected chi connectivity index (χ4v) is 1.64. The second-order valence-corrected chi connectivity index (χ2v) is 3.26. The van der Waals surface area contributed by atoms with E-state index < -0.39 is 23.9 Å². The van der Waals surface area contributed by atoms with Crippen molar-refractivity contribution in [1.29, 1.82) is 0 Å². The second-order valence-electron chi connectivity index (χ2n) is 3.26. The van der Waals surface area contributed by atoms with E-state index in [2.05, 4.69) is 0 Å². The predicted octanol–water partition coefficient (Wildman–Crippen LogP) is 0.659. The van der Waals surface area contributed by atoms with Gasteiger partial charge in [-0.25, -0.2) is 9.59 Å². The highest BCUT2D eigenvalue weighted by Crippen LogP contribution is 2.26. The number of fused-ring (bicyclic) bond motifs is 1. The average molecular weight is 235 g/mol. The molecular weight excluding hydrogens is 230 g/mol. The largest absolute Gasteiger partial charge is 0.478 e. The van der Waals surface area contributed by atoms with E-state index in [-0.39, 0.29) is 21.6 Å². The first-order valence-corrected chi connectivity index (χ1v) is 4.43. The lowest BCUT2D eigenvalue weighted by Gasteiger charge is -2.05. The molecule has 0 saturated carbocycles. The van der Waals surface area contributed by atoms with Crippen LogP contribution in [0.3, 0.4) is 0 Å². The molecule has 1 aliphatic rings. The third-order valence-electron chi connectivity index (χ3n) is 2.34. The van der Waals surface area contributed by atoms with E-state index >= 15 is 0 Å². The number of rotatable bonds is 1. The maximum absolute atomic E-state index is 11.6. The van der Waals surface area contributed by atoms with Gasteiger partial charge in [0.1, 0.15) is 0 Å². The summed E-state index contributed by atoms with van der Waals surface area (Å²) in [6.07, 6.45) is -1.73. The predicted molar refractivity (Wildman–Crippen MR) is 51.9 cm³/mol. The molecule has 0 unspecified atom stereocenters. The summed E-state index contributed by atoms with van der Waals surface area (Å²) < 4.78 is 0. The van der Waals surface area contributed by atoms with Crippen LogP contribution in [0.1, 0.15) is 31.1 Å². The molecule has 0 atom stereocenters. The van der Waals surface area contributed by atoms with E-state index in [1.165, 1.54) is 12.1 Å². The summed E-state index contributed by atoms with van der Waals surface area (Å²) in [7, 11) is 0. The molecule has 0 aliphatic carbocycles. The lowest BCUT2D eigenvalue weighted by Crippen LogP contribution is -2.34. The summed E-state index contributed by atoms with van der Waals surface area (Å²) in [5, 5.41) is 17.5. The van der Waals surface area contributed by atoms with Crippen molar-refractivity contribution in [3.63, 3.8) is 0 Å². The molecule has 86 valence electrons. The van der Waals surface area contributed by atoms with E-state index in [1.807, 2.05) is 0 Å². The number of hydrogen-bond acceptors (Lipinski definition) is 4. The zero-order valence-electron chi connectivity index (χ0n) is 8.21. The highest BCUT2D eigenvalue weighted by atomic mass is 16.4. The van der Waals surface area contributed by atoms with Crippen LogP contribution in [-0.2, 0) is 0 Å². The van der Waals surface area contributed by atoms with Gasteiger partial charge in [0.15, 0.2) is 0 Å². The summed E-state index contributed by atoms with van der Waals surface area (Å²) in [5.41, 5.74) is -0.977. The number of carbonyl (C=O) groups is 4. The quantitative estimate of drug-likeness (QED) is 0.691. The van der Waals surface area contributed by atoms with Crippen LogP contribution in [0.2, 0.25) is 0 Å². The second kappa shape index (κ2) is 3.41. The van der Waals surface area contributed by atoms with Crippen LogP contribution in [0.25, 0.3) is 0 Å². The fourth-order valence-electron chi connectivity index (χ4n) is 1.64. The van der Waals surface area contributed by atoms with E-state index in [0.29, 0.717) is 0 Å². The van der Waals surface area contributed by atoms with Crippen LogP contribution >= 0.6 is 0 Å². The van der Waals surface area contributed by atoms with Gasteiger partial charge in [-0.1, -0.05) is 6.07 Å². The van der Waals surface area contributed by atoms with E-state index in [1.54, 1.807) is 0 Å². The van der Waals surface area contributed by atoms with Crippen molar-refractivity contribution in [3.05, 3.63) is 34.9 Å². The van der Waals surface area contributed by atoms with Gasteiger partial charge in [-0.2, -0.15) is 4.90 Å². The van der Waals surface area contributed by atoms with Crippen LogP contribution in [0.5, 0.6) is 0 Å². The third kappa shape index (κ3) is 1.36. The van der Waals surface area contributed by atoms with Gasteiger partial charge in [-0.15, -0.1) is 0 Å². The molecule has 2 rings (SSSR count). The number of carboxylic acids is 1. The Hall–Kier alpha value is -2.70. The third-order valence-corrected chi connectivity index (χ3v) is 2.34. The first-order valence-electron chi connectivity index (χ1n) is 4.43. The minimum atomic E-state index is -1.73. The molecule has 1 aliphatic heterocycles. The van der Waals surface area contributed by atoms with Gasteiger partial charge in [0, 0.05) is 0 Å². The number of nitrogens with zero attached hydrogens (tertiary/aromatic N) is 1. The minimum absolute atomic E-state index is 0.00287. The van der Waals surface area contributed by atoms with Gasteiger partial charge in [0.05, 0.1) is 16.7 Å². The van der Waals surface area contributed by atoms with Gasteiger partial charge in [-0.05, 0) is 12.1 Å². The summed E-state index contributed by atoms with van der Waals surface area (Å²) in [5.74, 6) is -3.55. The Morgan fingerprint density at radius 1 is 1.06 bits per heavy atom. The molecule has 7 nitrogen and oxygen atoms in total. The molecule has 3 amide bonds. The normalized spacial score (nSPS) is 13.8. The average Bonchev–Trinajstić information content (AvgIpc) is 2.51. The zero-order chi connectivity index (χ0) is 12.7. The monoisotopic (exact) mass is 235 g/mol. The van der Waals surface area contributed by atoms with Crippen LogP contribution in [-0.4, -0.2) is 39.0 Å². The lowest BCUT2D eigenvalue weighted by molar-refractivity contribution is 0.0633. The SMILES string of the molecule is O=C(O)c1cccc2c1C(=O)N(C(=O)O)C2=O. The van der Waals surface area contributed by atoms with Gasteiger partial charge in [0.25, 0.3) is 11.8 Å². The molecule has 2 N–H and O–H groups in total. The van der Waals surface area contributed by atoms with Gasteiger partial charge >= 0.3 is 12.1 Å². The number of aromatic carboxylic acids is 1. The Labute approximate surface area is 93.9 Å².